The fourth-order valence-electron chi connectivity index (χ4n) is 2.98. The number of carbonyl (C=O) groups is 3. The summed E-state index contributed by atoms with van der Waals surface area (Å²) in [6, 6.07) is 0. The highest BCUT2D eigenvalue weighted by molar-refractivity contribution is 7.17. The molecule has 0 aromatic carbocycles. The molecule has 2 rings (SSSR count). The van der Waals surface area contributed by atoms with E-state index in [1.165, 1.54) is 18.3 Å². The second kappa shape index (κ2) is 8.62. The van der Waals surface area contributed by atoms with Crippen molar-refractivity contribution in [3.63, 3.8) is 0 Å². The van der Waals surface area contributed by atoms with Crippen molar-refractivity contribution in [2.75, 3.05) is 24.5 Å². The van der Waals surface area contributed by atoms with Gasteiger partial charge in [0.25, 0.3) is 5.91 Å². The van der Waals surface area contributed by atoms with Crippen molar-refractivity contribution in [3.05, 3.63) is 10.6 Å². The molecule has 0 atom stereocenters. The van der Waals surface area contributed by atoms with Crippen LogP contribution in [0.25, 0.3) is 0 Å². The monoisotopic (exact) mass is 380 g/mol. The number of amides is 3. The fourth-order valence-corrected chi connectivity index (χ4v) is 4.09. The molecule has 7 nitrogen and oxygen atoms in total. The summed E-state index contributed by atoms with van der Waals surface area (Å²) in [5.74, 6) is -0.121. The van der Waals surface area contributed by atoms with Crippen LogP contribution in [-0.2, 0) is 9.59 Å². The molecule has 0 saturated carbocycles. The van der Waals surface area contributed by atoms with Gasteiger partial charge in [-0.05, 0) is 32.1 Å². The van der Waals surface area contributed by atoms with E-state index in [9.17, 15) is 14.4 Å². The third kappa shape index (κ3) is 4.81. The Kier molecular flexibility index (Phi) is 6.75. The highest BCUT2D eigenvalue weighted by atomic mass is 32.1. The first-order valence-corrected chi connectivity index (χ1v) is 9.86. The number of hydrogen-bond donors (Lipinski definition) is 1. The molecule has 8 heteroatoms. The van der Waals surface area contributed by atoms with Gasteiger partial charge < -0.3 is 10.6 Å². The van der Waals surface area contributed by atoms with E-state index in [2.05, 4.69) is 18.8 Å². The molecule has 1 aromatic heterocycles. The number of carbonyl (C=O) groups excluding carboxylic acids is 3. The predicted molar refractivity (Wildman–Crippen MR) is 102 cm³/mol. The van der Waals surface area contributed by atoms with Crippen molar-refractivity contribution in [1.82, 2.24) is 9.88 Å². The van der Waals surface area contributed by atoms with E-state index in [1.54, 1.807) is 16.7 Å². The van der Waals surface area contributed by atoms with Gasteiger partial charge in [0.1, 0.15) is 4.88 Å². The molecule has 144 valence electrons. The van der Waals surface area contributed by atoms with Gasteiger partial charge in [-0.2, -0.15) is 0 Å². The number of thiazole rings is 1. The fraction of sp³-hybridized carbons (Fsp3) is 0.667. The lowest BCUT2D eigenvalue weighted by Gasteiger charge is -2.30. The van der Waals surface area contributed by atoms with Gasteiger partial charge in [0, 0.05) is 32.5 Å². The van der Waals surface area contributed by atoms with Crippen molar-refractivity contribution in [3.8, 4) is 0 Å². The Bertz CT molecular complexity index is 678. The van der Waals surface area contributed by atoms with Gasteiger partial charge in [0.2, 0.25) is 11.8 Å². The number of nitrogens with zero attached hydrogens (tertiary/aromatic N) is 3. The molecular formula is C18H28N4O3S. The number of primary amides is 1. The molecule has 2 N–H and O–H groups in total. The summed E-state index contributed by atoms with van der Waals surface area (Å²) >= 11 is 1.27. The lowest BCUT2D eigenvalue weighted by Crippen LogP contribution is -2.41. The molecule has 1 saturated heterocycles. The quantitative estimate of drug-likeness (QED) is 0.818. The summed E-state index contributed by atoms with van der Waals surface area (Å²) in [6.07, 6.45) is 2.07. The lowest BCUT2D eigenvalue weighted by molar-refractivity contribution is -0.123. The van der Waals surface area contributed by atoms with Gasteiger partial charge in [0.15, 0.2) is 5.13 Å². The molecule has 0 unspecified atom stereocenters. The first-order chi connectivity index (χ1) is 12.2. The zero-order valence-electron chi connectivity index (χ0n) is 15.9. The summed E-state index contributed by atoms with van der Waals surface area (Å²) in [5, 5.41) is 0.575. The summed E-state index contributed by atoms with van der Waals surface area (Å²) in [4.78, 5) is 44.6. The molecular weight excluding hydrogens is 352 g/mol. The topological polar surface area (TPSA) is 96.6 Å². The smallest absolute Gasteiger partial charge is 0.265 e. The molecule has 2 heterocycles. The van der Waals surface area contributed by atoms with Gasteiger partial charge in [-0.15, -0.1) is 0 Å². The van der Waals surface area contributed by atoms with Crippen LogP contribution in [0.5, 0.6) is 0 Å². The maximum Gasteiger partial charge on any atom is 0.265 e. The summed E-state index contributed by atoms with van der Waals surface area (Å²) in [6.45, 7) is 9.16. The van der Waals surface area contributed by atoms with Crippen LogP contribution >= 0.6 is 11.3 Å². The minimum Gasteiger partial charge on any atom is -0.369 e. The lowest BCUT2D eigenvalue weighted by atomic mass is 9.96. The van der Waals surface area contributed by atoms with Crippen molar-refractivity contribution < 1.29 is 14.4 Å². The zero-order valence-corrected chi connectivity index (χ0v) is 16.8. The van der Waals surface area contributed by atoms with Crippen molar-refractivity contribution in [2.24, 2.45) is 17.6 Å². The molecule has 1 fully saturated rings. The molecule has 26 heavy (non-hydrogen) atoms. The molecule has 1 aromatic rings. The average molecular weight is 381 g/mol. The predicted octanol–water partition coefficient (Wildman–Crippen LogP) is 2.19. The standard InChI is InChI=1S/C18H28N4O3S/c1-11(2)5-10-22(13(4)23)18-20-12(3)15(26-18)17(25)21-8-6-14(7-9-21)16(19)24/h11,14H,5-10H2,1-4H3,(H2,19,24). The summed E-state index contributed by atoms with van der Waals surface area (Å²) < 4.78 is 0. The largest absolute Gasteiger partial charge is 0.369 e. The number of nitrogens with two attached hydrogens (primary N) is 1. The third-order valence-corrected chi connectivity index (χ3v) is 5.87. The van der Waals surface area contributed by atoms with E-state index in [0.717, 1.165) is 6.42 Å². The normalized spacial score (nSPS) is 15.3. The van der Waals surface area contributed by atoms with Crippen molar-refractivity contribution in [2.45, 2.75) is 47.0 Å². The maximum absolute atomic E-state index is 12.8. The zero-order chi connectivity index (χ0) is 19.4. The van der Waals surface area contributed by atoms with Gasteiger partial charge in [0.05, 0.1) is 5.69 Å². The number of rotatable bonds is 6. The van der Waals surface area contributed by atoms with Gasteiger partial charge in [-0.3, -0.25) is 19.3 Å². The van der Waals surface area contributed by atoms with E-state index in [0.29, 0.717) is 54.1 Å². The molecule has 1 aliphatic heterocycles. The van der Waals surface area contributed by atoms with Crippen molar-refractivity contribution in [1.29, 1.82) is 0 Å². The van der Waals surface area contributed by atoms with Crippen LogP contribution in [-0.4, -0.2) is 47.2 Å². The van der Waals surface area contributed by atoms with Crippen LogP contribution in [0.1, 0.15) is 55.4 Å². The van der Waals surface area contributed by atoms with E-state index >= 15 is 0 Å². The number of likely N-dealkylation sites (tertiary alicyclic amines) is 1. The number of aryl methyl sites for hydroxylation is 1. The van der Waals surface area contributed by atoms with Crippen LogP contribution in [0.4, 0.5) is 5.13 Å². The first-order valence-electron chi connectivity index (χ1n) is 9.04. The van der Waals surface area contributed by atoms with E-state index < -0.39 is 0 Å². The number of hydrogen-bond acceptors (Lipinski definition) is 5. The summed E-state index contributed by atoms with van der Waals surface area (Å²) in [7, 11) is 0. The second-order valence-electron chi connectivity index (χ2n) is 7.23. The molecule has 0 radical (unpaired) electrons. The van der Waals surface area contributed by atoms with Gasteiger partial charge >= 0.3 is 0 Å². The van der Waals surface area contributed by atoms with Gasteiger partial charge in [-0.1, -0.05) is 25.2 Å². The molecule has 1 aliphatic rings. The Balaban J connectivity index is 2.12. The van der Waals surface area contributed by atoms with Crippen LogP contribution in [0.3, 0.4) is 0 Å². The van der Waals surface area contributed by atoms with Crippen LogP contribution in [0, 0.1) is 18.8 Å². The highest BCUT2D eigenvalue weighted by Crippen LogP contribution is 2.29. The Morgan fingerprint density at radius 1 is 1.31 bits per heavy atom. The number of aromatic nitrogens is 1. The number of anilines is 1. The van der Waals surface area contributed by atoms with Gasteiger partial charge in [-0.25, -0.2) is 4.98 Å². The van der Waals surface area contributed by atoms with Crippen molar-refractivity contribution >= 4 is 34.2 Å². The Labute approximate surface area is 158 Å². The minimum absolute atomic E-state index is 0.0688. The SMILES string of the molecule is CC(=O)N(CCC(C)C)c1nc(C)c(C(=O)N2CCC(C(N)=O)CC2)s1. The second-order valence-corrected chi connectivity index (χ2v) is 8.21. The average Bonchev–Trinajstić information content (AvgIpc) is 2.95. The Morgan fingerprint density at radius 2 is 1.92 bits per heavy atom. The number of piperidine rings is 1. The first kappa shape index (κ1) is 20.4. The van der Waals surface area contributed by atoms with Crippen LogP contribution in [0.15, 0.2) is 0 Å². The third-order valence-electron chi connectivity index (χ3n) is 4.71. The van der Waals surface area contributed by atoms with E-state index in [1.807, 2.05) is 0 Å². The van der Waals surface area contributed by atoms with Crippen LogP contribution in [0.2, 0.25) is 0 Å². The Hall–Kier alpha value is -1.96. The minimum atomic E-state index is -0.296. The highest BCUT2D eigenvalue weighted by Gasteiger charge is 2.29. The molecule has 0 spiro atoms. The van der Waals surface area contributed by atoms with Crippen LogP contribution < -0.4 is 10.6 Å². The Morgan fingerprint density at radius 3 is 2.42 bits per heavy atom. The summed E-state index contributed by atoms with van der Waals surface area (Å²) in [5.41, 5.74) is 5.99. The molecule has 3 amide bonds. The maximum atomic E-state index is 12.8. The molecule has 0 bridgehead atoms. The van der Waals surface area contributed by atoms with E-state index in [-0.39, 0.29) is 23.6 Å². The van der Waals surface area contributed by atoms with E-state index in [4.69, 9.17) is 5.73 Å². The molecule has 0 aliphatic carbocycles.